The predicted molar refractivity (Wildman–Crippen MR) is 124 cm³/mol. The predicted octanol–water partition coefficient (Wildman–Crippen LogP) is 7.95. The number of alkyl halides is 2. The molecule has 0 N–H and O–H groups in total. The van der Waals surface area contributed by atoms with Crippen LogP contribution in [-0.2, 0) is 4.74 Å². The van der Waals surface area contributed by atoms with Gasteiger partial charge in [0.2, 0.25) is 0 Å². The number of ether oxygens (including phenoxy) is 1. The fourth-order valence-corrected chi connectivity index (χ4v) is 4.87. The van der Waals surface area contributed by atoms with E-state index in [9.17, 15) is 13.2 Å². The molecule has 2 atom stereocenters. The Morgan fingerprint density at radius 2 is 1.56 bits per heavy atom. The van der Waals surface area contributed by atoms with Gasteiger partial charge in [-0.1, -0.05) is 54.6 Å². The summed E-state index contributed by atoms with van der Waals surface area (Å²) in [5.74, 6) is 0.783. The Morgan fingerprint density at radius 1 is 0.875 bits per heavy atom. The van der Waals surface area contributed by atoms with Gasteiger partial charge in [0.25, 0.3) is 0 Å². The Hall–Kier alpha value is -2.75. The number of halogens is 3. The second-order valence-corrected chi connectivity index (χ2v) is 8.65. The molecule has 2 aromatic carbocycles. The maximum Gasteiger partial charge on any atom is 0.192 e. The normalized spacial score (nSPS) is 26.0. The highest BCUT2D eigenvalue weighted by molar-refractivity contribution is 5.75. The van der Waals surface area contributed by atoms with Crippen molar-refractivity contribution in [2.45, 2.75) is 50.9 Å². The van der Waals surface area contributed by atoms with Crippen LogP contribution in [0.2, 0.25) is 0 Å². The van der Waals surface area contributed by atoms with E-state index in [1.54, 1.807) is 30.3 Å². The van der Waals surface area contributed by atoms with Gasteiger partial charge in [-0.2, -0.15) is 0 Å². The molecule has 0 radical (unpaired) electrons. The summed E-state index contributed by atoms with van der Waals surface area (Å²) < 4.78 is 48.5. The van der Waals surface area contributed by atoms with Crippen LogP contribution in [0.5, 0.6) is 0 Å². The molecule has 32 heavy (non-hydrogen) atoms. The van der Waals surface area contributed by atoms with Crippen molar-refractivity contribution < 1.29 is 17.9 Å². The summed E-state index contributed by atoms with van der Waals surface area (Å²) in [6, 6.07) is 12.5. The molecule has 2 aliphatic rings. The zero-order valence-electron chi connectivity index (χ0n) is 18.5. The third-order valence-corrected chi connectivity index (χ3v) is 6.72. The van der Waals surface area contributed by atoms with Crippen molar-refractivity contribution in [3.05, 3.63) is 89.5 Å². The molecule has 0 aliphatic heterocycles. The zero-order chi connectivity index (χ0) is 22.7. The Morgan fingerprint density at radius 3 is 2.19 bits per heavy atom. The summed E-state index contributed by atoms with van der Waals surface area (Å²) in [6.07, 6.45) is 8.22. The molecule has 0 bridgehead atoms. The highest BCUT2D eigenvalue weighted by Crippen LogP contribution is 2.38. The monoisotopic (exact) mass is 438 g/mol. The Balaban J connectivity index is 1.50. The molecule has 0 heterocycles. The molecule has 1 saturated carbocycles. The fraction of sp³-hybridized carbons (Fsp3) is 0.357. The lowest BCUT2D eigenvalue weighted by molar-refractivity contribution is 0.152. The van der Waals surface area contributed by atoms with Crippen LogP contribution in [0.25, 0.3) is 16.7 Å². The Labute approximate surface area is 188 Å². The first-order valence-electron chi connectivity index (χ1n) is 11.3. The van der Waals surface area contributed by atoms with Gasteiger partial charge in [0.15, 0.2) is 12.3 Å². The molecule has 168 valence electrons. The quantitative estimate of drug-likeness (QED) is 0.431. The molecule has 0 amide bonds. The highest BCUT2D eigenvalue weighted by Gasteiger charge is 2.32. The summed E-state index contributed by atoms with van der Waals surface area (Å²) in [6.45, 7) is 2.06. The molecule has 0 saturated heterocycles. The smallest absolute Gasteiger partial charge is 0.192 e. The maximum absolute atomic E-state index is 15.0. The van der Waals surface area contributed by atoms with Gasteiger partial charge in [-0.15, -0.1) is 0 Å². The SMILES string of the molecule is C/C=C/C1CCC(c2ccc(-c3ccc(C4=CC=C(OC)C(F)C4F)cc3)c(F)c2)CC1. The summed E-state index contributed by atoms with van der Waals surface area (Å²) in [4.78, 5) is 0. The van der Waals surface area contributed by atoms with Crippen molar-refractivity contribution in [1.82, 2.24) is 0 Å². The summed E-state index contributed by atoms with van der Waals surface area (Å²) in [7, 11) is 1.33. The molecule has 1 fully saturated rings. The second kappa shape index (κ2) is 9.81. The minimum absolute atomic E-state index is 0.0182. The lowest BCUT2D eigenvalue weighted by atomic mass is 9.78. The largest absolute Gasteiger partial charge is 0.498 e. The van der Waals surface area contributed by atoms with Crippen LogP contribution in [-0.4, -0.2) is 19.5 Å². The van der Waals surface area contributed by atoms with Crippen LogP contribution >= 0.6 is 0 Å². The average molecular weight is 439 g/mol. The van der Waals surface area contributed by atoms with E-state index in [1.807, 2.05) is 12.1 Å². The lowest BCUT2D eigenvalue weighted by Crippen LogP contribution is -2.24. The first-order valence-corrected chi connectivity index (χ1v) is 11.3. The van der Waals surface area contributed by atoms with Gasteiger partial charge in [0, 0.05) is 5.56 Å². The van der Waals surface area contributed by atoms with E-state index < -0.39 is 12.3 Å². The van der Waals surface area contributed by atoms with Gasteiger partial charge < -0.3 is 4.74 Å². The number of allylic oxidation sites excluding steroid dienone is 6. The summed E-state index contributed by atoms with van der Waals surface area (Å²) in [5, 5.41) is 0. The highest BCUT2D eigenvalue weighted by atomic mass is 19.2. The molecule has 2 unspecified atom stereocenters. The van der Waals surface area contributed by atoms with Crippen molar-refractivity contribution >= 4 is 5.57 Å². The van der Waals surface area contributed by atoms with E-state index >= 15 is 0 Å². The number of methoxy groups -OCH3 is 1. The third-order valence-electron chi connectivity index (χ3n) is 6.72. The van der Waals surface area contributed by atoms with Gasteiger partial charge in [-0.25, -0.2) is 13.2 Å². The fourth-order valence-electron chi connectivity index (χ4n) is 4.87. The van der Waals surface area contributed by atoms with E-state index in [0.29, 0.717) is 28.5 Å². The third kappa shape index (κ3) is 4.55. The molecule has 2 aromatic rings. The topological polar surface area (TPSA) is 9.23 Å². The standard InChI is InChI=1S/C28H29F3O/c1-3-4-18-5-7-19(8-6-18)22-13-14-23(25(29)17-22)20-9-11-21(12-10-20)24-15-16-26(32-2)28(31)27(24)30/h3-4,9-19,27-28H,5-8H2,1-2H3/b4-3+. The van der Waals surface area contributed by atoms with E-state index in [1.165, 1.54) is 19.3 Å². The molecular weight excluding hydrogens is 409 g/mol. The number of hydrogen-bond acceptors (Lipinski definition) is 1. The van der Waals surface area contributed by atoms with Gasteiger partial charge in [0.1, 0.15) is 11.6 Å². The minimum Gasteiger partial charge on any atom is -0.498 e. The molecule has 1 nitrogen and oxygen atoms in total. The first kappa shape index (κ1) is 22.4. The van der Waals surface area contributed by atoms with Crippen molar-refractivity contribution in [3.8, 4) is 11.1 Å². The van der Waals surface area contributed by atoms with Gasteiger partial charge in [0.05, 0.1) is 7.11 Å². The van der Waals surface area contributed by atoms with Gasteiger partial charge in [-0.3, -0.25) is 0 Å². The Bertz CT molecular complexity index is 1030. The first-order chi connectivity index (χ1) is 15.5. The summed E-state index contributed by atoms with van der Waals surface area (Å²) >= 11 is 0. The van der Waals surface area contributed by atoms with Crippen molar-refractivity contribution in [2.75, 3.05) is 7.11 Å². The van der Waals surface area contributed by atoms with Crippen molar-refractivity contribution in [1.29, 1.82) is 0 Å². The molecular formula is C28H29F3O. The molecule has 0 spiro atoms. The molecule has 2 aliphatic carbocycles. The number of rotatable bonds is 5. The van der Waals surface area contributed by atoms with E-state index in [2.05, 4.69) is 19.1 Å². The average Bonchev–Trinajstić information content (AvgIpc) is 2.82. The lowest BCUT2D eigenvalue weighted by Gasteiger charge is -2.27. The molecule has 0 aromatic heterocycles. The van der Waals surface area contributed by atoms with Crippen LogP contribution in [0.1, 0.15) is 49.7 Å². The van der Waals surface area contributed by atoms with Gasteiger partial charge in [-0.05, 0) is 78.8 Å². The maximum atomic E-state index is 15.0. The van der Waals surface area contributed by atoms with Crippen molar-refractivity contribution in [2.24, 2.45) is 5.92 Å². The molecule has 4 heteroatoms. The number of hydrogen-bond donors (Lipinski definition) is 0. The van der Waals surface area contributed by atoms with Crippen LogP contribution in [0.15, 0.2) is 72.5 Å². The number of benzene rings is 2. The molecule has 4 rings (SSSR count). The van der Waals surface area contributed by atoms with E-state index in [4.69, 9.17) is 4.74 Å². The van der Waals surface area contributed by atoms with Gasteiger partial charge >= 0.3 is 0 Å². The second-order valence-electron chi connectivity index (χ2n) is 8.65. The zero-order valence-corrected chi connectivity index (χ0v) is 18.5. The van der Waals surface area contributed by atoms with Crippen LogP contribution in [0.3, 0.4) is 0 Å². The van der Waals surface area contributed by atoms with Crippen LogP contribution in [0.4, 0.5) is 13.2 Å². The minimum atomic E-state index is -1.82. The van der Waals surface area contributed by atoms with Crippen LogP contribution in [0, 0.1) is 11.7 Å². The van der Waals surface area contributed by atoms with E-state index in [0.717, 1.165) is 31.2 Å². The van der Waals surface area contributed by atoms with Crippen LogP contribution < -0.4 is 0 Å². The summed E-state index contributed by atoms with van der Waals surface area (Å²) in [5.41, 5.74) is 3.12. The Kier molecular flexibility index (Phi) is 6.88. The van der Waals surface area contributed by atoms with E-state index in [-0.39, 0.29) is 17.1 Å². The van der Waals surface area contributed by atoms with Crippen molar-refractivity contribution in [3.63, 3.8) is 0 Å².